The number of hydrogen-bond acceptors (Lipinski definition) is 11. The van der Waals surface area contributed by atoms with E-state index in [0.717, 1.165) is 11.1 Å². The van der Waals surface area contributed by atoms with Crippen molar-refractivity contribution in [3.05, 3.63) is 53.6 Å². The van der Waals surface area contributed by atoms with Crippen molar-refractivity contribution >= 4 is 67.1 Å². The van der Waals surface area contributed by atoms with Gasteiger partial charge in [0.25, 0.3) is 6.29 Å². The van der Waals surface area contributed by atoms with Crippen LogP contribution in [0.2, 0.25) is 5.02 Å². The van der Waals surface area contributed by atoms with Gasteiger partial charge in [0.1, 0.15) is 20.7 Å². The van der Waals surface area contributed by atoms with Crippen molar-refractivity contribution in [3.8, 4) is 28.0 Å². The van der Waals surface area contributed by atoms with Gasteiger partial charge in [0, 0.05) is 25.7 Å². The first-order valence-corrected chi connectivity index (χ1v) is 13.9. The van der Waals surface area contributed by atoms with E-state index in [4.69, 9.17) is 35.5 Å². The lowest BCUT2D eigenvalue weighted by molar-refractivity contribution is -0.0717. The van der Waals surface area contributed by atoms with Gasteiger partial charge in [-0.05, 0) is 30.7 Å². The molecule has 14 heteroatoms. The van der Waals surface area contributed by atoms with Crippen molar-refractivity contribution in [2.45, 2.75) is 13.2 Å². The lowest BCUT2D eigenvalue weighted by atomic mass is 10.1. The van der Waals surface area contributed by atoms with E-state index in [9.17, 15) is 4.79 Å². The molecule has 0 radical (unpaired) electrons. The van der Waals surface area contributed by atoms with Crippen LogP contribution in [-0.4, -0.2) is 62.6 Å². The highest BCUT2D eigenvalue weighted by Gasteiger charge is 2.30. The van der Waals surface area contributed by atoms with Crippen LogP contribution in [0.3, 0.4) is 0 Å². The number of methoxy groups -OCH3 is 1. The van der Waals surface area contributed by atoms with Gasteiger partial charge >= 0.3 is 6.09 Å². The predicted molar refractivity (Wildman–Crippen MR) is 158 cm³/mol. The number of aromatic nitrogens is 6. The lowest BCUT2D eigenvalue weighted by Crippen LogP contribution is -2.38. The number of carbonyl (C=O) groups is 1. The molecule has 1 aliphatic rings. The number of benzene rings is 2. The fraction of sp³-hybridized carbons (Fsp3) is 0.214. The standard InChI is InChI=1S/C28H22ClN7O5S/c1-13-5-15(22-17(6-13)33-20(38-4)10-30-22)27-34-23-16(29)8-19-24(25(23)42-27)39-11-21(40-19)41-28(37)36(3)14-7-18-26(31-9-14)35(2)12-32-18/h5-10,12,21H,11H2,1-4H3/t21-/m1/s1. The van der Waals surface area contributed by atoms with Crippen molar-refractivity contribution < 1.29 is 23.7 Å². The van der Waals surface area contributed by atoms with Crippen molar-refractivity contribution in [1.29, 1.82) is 0 Å². The maximum Gasteiger partial charge on any atom is 0.417 e. The van der Waals surface area contributed by atoms with Crippen LogP contribution in [0, 0.1) is 6.92 Å². The van der Waals surface area contributed by atoms with E-state index in [2.05, 4.69) is 19.9 Å². The molecule has 12 nitrogen and oxygen atoms in total. The summed E-state index contributed by atoms with van der Waals surface area (Å²) in [4.78, 5) is 36.9. The average Bonchev–Trinajstić information content (AvgIpc) is 3.60. The third-order valence-electron chi connectivity index (χ3n) is 6.80. The largest absolute Gasteiger partial charge is 0.480 e. The number of nitrogens with zero attached hydrogens (tertiary/aromatic N) is 7. The first-order chi connectivity index (χ1) is 20.3. The van der Waals surface area contributed by atoms with Crippen LogP contribution in [0.5, 0.6) is 17.4 Å². The van der Waals surface area contributed by atoms with E-state index in [0.29, 0.717) is 65.5 Å². The van der Waals surface area contributed by atoms with Gasteiger partial charge in [-0.25, -0.2) is 29.7 Å². The number of hydrogen-bond donors (Lipinski definition) is 0. The van der Waals surface area contributed by atoms with Crippen LogP contribution < -0.4 is 19.1 Å². The molecular weight excluding hydrogens is 582 g/mol. The number of aryl methyl sites for hydroxylation is 2. The Morgan fingerprint density at radius 3 is 2.81 bits per heavy atom. The maximum atomic E-state index is 12.9. The Morgan fingerprint density at radius 2 is 1.98 bits per heavy atom. The second-order valence-electron chi connectivity index (χ2n) is 9.67. The monoisotopic (exact) mass is 603 g/mol. The second-order valence-corrected chi connectivity index (χ2v) is 11.1. The number of pyridine rings is 1. The van der Waals surface area contributed by atoms with Gasteiger partial charge < -0.3 is 23.5 Å². The summed E-state index contributed by atoms with van der Waals surface area (Å²) in [5, 5.41) is 1.07. The van der Waals surface area contributed by atoms with Crippen LogP contribution >= 0.6 is 22.9 Å². The number of anilines is 1. The zero-order chi connectivity index (χ0) is 29.1. The molecule has 5 heterocycles. The Kier molecular flexibility index (Phi) is 6.21. The molecule has 4 aromatic heterocycles. The summed E-state index contributed by atoms with van der Waals surface area (Å²) in [6, 6.07) is 7.32. The van der Waals surface area contributed by atoms with E-state index in [1.165, 1.54) is 16.2 Å². The Balaban J connectivity index is 1.16. The van der Waals surface area contributed by atoms with Crippen molar-refractivity contribution in [2.24, 2.45) is 7.05 Å². The lowest BCUT2D eigenvalue weighted by Gasteiger charge is -2.28. The Bertz CT molecular complexity index is 2040. The molecular formula is C28H22ClN7O5S. The number of rotatable bonds is 4. The number of ether oxygens (including phenoxy) is 4. The molecule has 1 atom stereocenters. The summed E-state index contributed by atoms with van der Waals surface area (Å²) in [6.45, 7) is 1.96. The first kappa shape index (κ1) is 26.2. The molecule has 1 aliphatic heterocycles. The zero-order valence-corrected chi connectivity index (χ0v) is 24.4. The van der Waals surface area contributed by atoms with Crippen LogP contribution in [0.25, 0.3) is 43.0 Å². The molecule has 0 fully saturated rings. The molecule has 42 heavy (non-hydrogen) atoms. The van der Waals surface area contributed by atoms with Gasteiger partial charge in [-0.3, -0.25) is 4.90 Å². The number of imidazole rings is 1. The molecule has 0 spiro atoms. The van der Waals surface area contributed by atoms with Crippen LogP contribution in [-0.2, 0) is 11.8 Å². The summed E-state index contributed by atoms with van der Waals surface area (Å²) in [5.74, 6) is 1.26. The summed E-state index contributed by atoms with van der Waals surface area (Å²) in [7, 11) is 4.99. The summed E-state index contributed by atoms with van der Waals surface area (Å²) in [6.07, 6.45) is 3.18. The number of fused-ring (bicyclic) bond motifs is 5. The molecule has 0 aliphatic carbocycles. The molecule has 6 aromatic rings. The maximum absolute atomic E-state index is 12.9. The average molecular weight is 604 g/mol. The third-order valence-corrected chi connectivity index (χ3v) is 8.18. The molecule has 1 amide bonds. The van der Waals surface area contributed by atoms with Crippen molar-refractivity contribution in [2.75, 3.05) is 25.7 Å². The van der Waals surface area contributed by atoms with Gasteiger partial charge in [-0.2, -0.15) is 0 Å². The minimum absolute atomic E-state index is 0.0211. The Morgan fingerprint density at radius 1 is 1.12 bits per heavy atom. The van der Waals surface area contributed by atoms with Gasteiger partial charge in [0.2, 0.25) is 5.88 Å². The van der Waals surface area contributed by atoms with Crippen molar-refractivity contribution in [1.82, 2.24) is 29.5 Å². The second kappa shape index (κ2) is 9.96. The molecule has 0 N–H and O–H groups in total. The fourth-order valence-corrected chi connectivity index (χ4v) is 6.11. The minimum Gasteiger partial charge on any atom is -0.480 e. The van der Waals surface area contributed by atoms with Gasteiger partial charge in [0.15, 0.2) is 23.8 Å². The predicted octanol–water partition coefficient (Wildman–Crippen LogP) is 5.53. The molecule has 0 saturated heterocycles. The van der Waals surface area contributed by atoms with Crippen LogP contribution in [0.4, 0.5) is 10.5 Å². The highest BCUT2D eigenvalue weighted by molar-refractivity contribution is 7.22. The molecule has 2 aromatic carbocycles. The summed E-state index contributed by atoms with van der Waals surface area (Å²) < 4.78 is 25.4. The van der Waals surface area contributed by atoms with E-state index in [1.54, 1.807) is 49.6 Å². The SMILES string of the molecule is COc1cnc2c(-c3nc4c(Cl)cc5c(c4s3)OC[C@@H](OC(=O)N(C)c3cnc4c(c3)ncn4C)O5)cc(C)cc2n1. The Labute approximate surface area is 247 Å². The highest BCUT2D eigenvalue weighted by atomic mass is 35.5. The smallest absolute Gasteiger partial charge is 0.417 e. The van der Waals surface area contributed by atoms with Crippen LogP contribution in [0.1, 0.15) is 5.56 Å². The quantitative estimate of drug-likeness (QED) is 0.254. The number of carbonyl (C=O) groups excluding carboxylic acids is 1. The van der Waals surface area contributed by atoms with E-state index >= 15 is 0 Å². The van der Waals surface area contributed by atoms with Gasteiger partial charge in [0.05, 0.1) is 47.6 Å². The van der Waals surface area contributed by atoms with Crippen molar-refractivity contribution in [3.63, 3.8) is 0 Å². The van der Waals surface area contributed by atoms with Gasteiger partial charge in [-0.1, -0.05) is 11.6 Å². The first-order valence-electron chi connectivity index (χ1n) is 12.7. The van der Waals surface area contributed by atoms with E-state index < -0.39 is 12.4 Å². The zero-order valence-electron chi connectivity index (χ0n) is 22.8. The number of amides is 1. The fourth-order valence-electron chi connectivity index (χ4n) is 4.72. The van der Waals surface area contributed by atoms with Gasteiger partial charge in [-0.15, -0.1) is 11.3 Å². The van der Waals surface area contributed by atoms with E-state index in [1.807, 2.05) is 26.1 Å². The minimum atomic E-state index is -0.995. The summed E-state index contributed by atoms with van der Waals surface area (Å²) >= 11 is 8.05. The molecule has 7 rings (SSSR count). The number of halogens is 1. The highest BCUT2D eigenvalue weighted by Crippen LogP contribution is 2.47. The van der Waals surface area contributed by atoms with E-state index in [-0.39, 0.29) is 6.61 Å². The number of thiazole rings is 1. The van der Waals surface area contributed by atoms with Crippen LogP contribution in [0.15, 0.2) is 43.0 Å². The summed E-state index contributed by atoms with van der Waals surface area (Å²) in [5.41, 5.74) is 5.67. The molecule has 0 saturated carbocycles. The molecule has 212 valence electrons. The molecule has 0 unspecified atom stereocenters. The Hall–Kier alpha value is -4.75. The third kappa shape index (κ3) is 4.37. The molecule has 0 bridgehead atoms. The topological polar surface area (TPSA) is 127 Å². The normalized spacial score (nSPS) is 14.5.